The normalized spacial score (nSPS) is 13.5. The zero-order chi connectivity index (χ0) is 35.9. The van der Waals surface area contributed by atoms with E-state index in [0.717, 1.165) is 25.7 Å². The van der Waals surface area contributed by atoms with Crippen LogP contribution in [-0.4, -0.2) is 46.1 Å². The molecule has 0 bridgehead atoms. The second kappa shape index (κ2) is 40.1. The lowest BCUT2D eigenvalue weighted by Gasteiger charge is -2.23. The third-order valence-corrected chi connectivity index (χ3v) is 10.7. The molecule has 0 fully saturated rings. The van der Waals surface area contributed by atoms with E-state index in [1.807, 2.05) is 0 Å². The zero-order valence-electron chi connectivity index (χ0n) is 33.4. The summed E-state index contributed by atoms with van der Waals surface area (Å²) in [7, 11) is 0. The van der Waals surface area contributed by atoms with Gasteiger partial charge in [-0.05, 0) is 12.8 Å². The molecule has 0 aromatic rings. The van der Waals surface area contributed by atoms with Crippen molar-refractivity contribution in [2.24, 2.45) is 0 Å². The number of nitrogens with one attached hydrogen (secondary N) is 1. The molecule has 0 aliphatic heterocycles. The molecular formula is C44H89NO4. The summed E-state index contributed by atoms with van der Waals surface area (Å²) in [6.07, 6.45) is 45.1. The van der Waals surface area contributed by atoms with Crippen LogP contribution in [0.25, 0.3) is 0 Å². The van der Waals surface area contributed by atoms with E-state index >= 15 is 0 Å². The first kappa shape index (κ1) is 48.3. The van der Waals surface area contributed by atoms with Crippen LogP contribution in [0.15, 0.2) is 0 Å². The minimum atomic E-state index is -0.743. The summed E-state index contributed by atoms with van der Waals surface area (Å²) in [6.45, 7) is 4.26. The van der Waals surface area contributed by atoms with Crippen LogP contribution < -0.4 is 5.32 Å². The van der Waals surface area contributed by atoms with Crippen molar-refractivity contribution < 1.29 is 20.1 Å². The summed E-state index contributed by atoms with van der Waals surface area (Å²) >= 11 is 0. The molecule has 0 saturated carbocycles. The Labute approximate surface area is 307 Å². The maximum atomic E-state index is 12.4. The van der Waals surface area contributed by atoms with Crippen molar-refractivity contribution in [1.29, 1.82) is 0 Å². The van der Waals surface area contributed by atoms with E-state index in [1.165, 1.54) is 193 Å². The van der Waals surface area contributed by atoms with Crippen LogP contribution in [0, 0.1) is 0 Å². The van der Waals surface area contributed by atoms with Gasteiger partial charge in [0.1, 0.15) is 0 Å². The lowest BCUT2D eigenvalue weighted by atomic mass is 10.0. The zero-order valence-corrected chi connectivity index (χ0v) is 33.4. The van der Waals surface area contributed by atoms with E-state index < -0.39 is 18.2 Å². The molecule has 0 aromatic heterocycles. The monoisotopic (exact) mass is 696 g/mol. The predicted octanol–water partition coefficient (Wildman–Crippen LogP) is 12.7. The minimum Gasteiger partial charge on any atom is -0.394 e. The summed E-state index contributed by atoms with van der Waals surface area (Å²) in [5, 5.41) is 33.3. The van der Waals surface area contributed by atoms with E-state index in [4.69, 9.17) is 0 Å². The lowest BCUT2D eigenvalue weighted by Crippen LogP contribution is -2.46. The van der Waals surface area contributed by atoms with Crippen LogP contribution >= 0.6 is 0 Å². The average Bonchev–Trinajstić information content (AvgIpc) is 3.09. The maximum absolute atomic E-state index is 12.4. The van der Waals surface area contributed by atoms with Gasteiger partial charge >= 0.3 is 0 Å². The first-order valence-corrected chi connectivity index (χ1v) is 22.3. The van der Waals surface area contributed by atoms with Gasteiger partial charge in [-0.15, -0.1) is 0 Å². The van der Waals surface area contributed by atoms with Crippen molar-refractivity contribution >= 4 is 5.91 Å². The molecule has 0 radical (unpaired) electrons. The predicted molar refractivity (Wildman–Crippen MR) is 213 cm³/mol. The van der Waals surface area contributed by atoms with Gasteiger partial charge in [0, 0.05) is 0 Å². The molecular weight excluding hydrogens is 606 g/mol. The highest BCUT2D eigenvalue weighted by Gasteiger charge is 2.21. The molecule has 5 heteroatoms. The van der Waals surface area contributed by atoms with Crippen molar-refractivity contribution in [3.63, 3.8) is 0 Å². The fraction of sp³-hybridized carbons (Fsp3) is 0.977. The smallest absolute Gasteiger partial charge is 0.222 e. The highest BCUT2D eigenvalue weighted by Crippen LogP contribution is 2.17. The van der Waals surface area contributed by atoms with E-state index in [0.29, 0.717) is 12.8 Å². The number of unbranched alkanes of at least 4 members (excludes halogenated alkanes) is 32. The van der Waals surface area contributed by atoms with Gasteiger partial charge in [-0.2, -0.15) is 0 Å². The van der Waals surface area contributed by atoms with Crippen LogP contribution in [0.5, 0.6) is 0 Å². The van der Waals surface area contributed by atoms with Gasteiger partial charge in [0.05, 0.1) is 31.3 Å². The molecule has 1 amide bonds. The number of aliphatic hydroxyl groups excluding tert-OH is 3. The molecule has 0 aromatic carbocycles. The van der Waals surface area contributed by atoms with Crippen molar-refractivity contribution in [2.75, 3.05) is 6.61 Å². The second-order valence-electron chi connectivity index (χ2n) is 15.7. The van der Waals surface area contributed by atoms with Gasteiger partial charge in [0.15, 0.2) is 0 Å². The van der Waals surface area contributed by atoms with Crippen molar-refractivity contribution in [3.8, 4) is 0 Å². The molecule has 0 spiro atoms. The van der Waals surface area contributed by atoms with E-state index in [1.54, 1.807) is 0 Å². The Bertz CT molecular complexity index is 644. The fourth-order valence-electron chi connectivity index (χ4n) is 7.23. The summed E-state index contributed by atoms with van der Waals surface area (Å²) in [6, 6.07) is -0.651. The molecule has 0 rings (SSSR count). The molecule has 0 heterocycles. The van der Waals surface area contributed by atoms with Crippen LogP contribution in [0.3, 0.4) is 0 Å². The quantitative estimate of drug-likeness (QED) is 0.0479. The van der Waals surface area contributed by atoms with E-state index in [9.17, 15) is 20.1 Å². The first-order chi connectivity index (χ1) is 24.0. The minimum absolute atomic E-state index is 0.0418. The number of hydrogen-bond acceptors (Lipinski definition) is 4. The Morgan fingerprint density at radius 3 is 0.980 bits per heavy atom. The summed E-state index contributed by atoms with van der Waals surface area (Å²) < 4.78 is 0. The molecule has 3 unspecified atom stereocenters. The van der Waals surface area contributed by atoms with E-state index in [2.05, 4.69) is 19.2 Å². The summed E-state index contributed by atoms with van der Waals surface area (Å²) in [4.78, 5) is 12.4. The molecule has 0 aliphatic rings. The molecule has 4 N–H and O–H groups in total. The number of amides is 1. The van der Waals surface area contributed by atoms with Gasteiger partial charge < -0.3 is 20.6 Å². The highest BCUT2D eigenvalue weighted by molar-refractivity contribution is 5.76. The number of rotatable bonds is 41. The van der Waals surface area contributed by atoms with Gasteiger partial charge in [-0.1, -0.05) is 232 Å². The lowest BCUT2D eigenvalue weighted by molar-refractivity contribution is -0.125. The third kappa shape index (κ3) is 36.9. The number of hydrogen-bond donors (Lipinski definition) is 4. The average molecular weight is 696 g/mol. The fourth-order valence-corrected chi connectivity index (χ4v) is 7.23. The van der Waals surface area contributed by atoms with Gasteiger partial charge in [-0.25, -0.2) is 0 Å². The molecule has 5 nitrogen and oxygen atoms in total. The Morgan fingerprint density at radius 1 is 0.429 bits per heavy atom. The van der Waals surface area contributed by atoms with Crippen LogP contribution in [-0.2, 0) is 4.79 Å². The molecule has 0 saturated heterocycles. The van der Waals surface area contributed by atoms with Crippen LogP contribution in [0.2, 0.25) is 0 Å². The Kier molecular flexibility index (Phi) is 39.6. The standard InChI is InChI=1S/C44H89NO4/c1-3-5-7-9-11-13-15-16-17-18-19-20-21-22-23-24-25-26-27-28-30-32-34-36-38-43(48)42(40-46)45-44(49)39-41(47)37-35-33-31-29-14-12-10-8-6-4-2/h41-43,46-48H,3-40H2,1-2H3,(H,45,49). The maximum Gasteiger partial charge on any atom is 0.222 e. The first-order valence-electron chi connectivity index (χ1n) is 22.3. The number of aliphatic hydroxyl groups is 3. The van der Waals surface area contributed by atoms with Crippen LogP contribution in [0.4, 0.5) is 0 Å². The molecule has 3 atom stereocenters. The number of carbonyl (C=O) groups excluding carboxylic acids is 1. The summed E-state index contributed by atoms with van der Waals surface area (Å²) in [5.74, 6) is -0.280. The van der Waals surface area contributed by atoms with Gasteiger partial charge in [0.25, 0.3) is 0 Å². The molecule has 294 valence electrons. The molecule has 49 heavy (non-hydrogen) atoms. The van der Waals surface area contributed by atoms with Gasteiger partial charge in [0.2, 0.25) is 5.91 Å². The number of carbonyl (C=O) groups is 1. The van der Waals surface area contributed by atoms with Gasteiger partial charge in [-0.3, -0.25) is 4.79 Å². The van der Waals surface area contributed by atoms with Crippen LogP contribution in [0.1, 0.15) is 251 Å². The Hall–Kier alpha value is -0.650. The second-order valence-corrected chi connectivity index (χ2v) is 15.7. The summed E-state index contributed by atoms with van der Waals surface area (Å²) in [5.41, 5.74) is 0. The Balaban J connectivity index is 3.51. The van der Waals surface area contributed by atoms with E-state index in [-0.39, 0.29) is 18.9 Å². The largest absolute Gasteiger partial charge is 0.394 e. The molecule has 0 aliphatic carbocycles. The van der Waals surface area contributed by atoms with Crippen molar-refractivity contribution in [3.05, 3.63) is 0 Å². The third-order valence-electron chi connectivity index (χ3n) is 10.7. The highest BCUT2D eigenvalue weighted by atomic mass is 16.3. The van der Waals surface area contributed by atoms with Crippen molar-refractivity contribution in [2.45, 2.75) is 270 Å². The Morgan fingerprint density at radius 2 is 0.694 bits per heavy atom. The SMILES string of the molecule is CCCCCCCCCCCCCCCCCCCCCCCCCCC(O)C(CO)NC(=O)CC(O)CCCCCCCCCCCC. The van der Waals surface area contributed by atoms with Crippen molar-refractivity contribution in [1.82, 2.24) is 5.32 Å². The topological polar surface area (TPSA) is 89.8 Å².